The van der Waals surface area contributed by atoms with E-state index in [0.717, 1.165) is 20.3 Å². The Balaban J connectivity index is 0.000000882. The van der Waals surface area contributed by atoms with Crippen molar-refractivity contribution in [3.05, 3.63) is 47.6 Å². The smallest absolute Gasteiger partial charge is 1.00 e. The maximum Gasteiger partial charge on any atom is -1.00 e. The average molecular weight is 371 g/mol. The van der Waals surface area contributed by atoms with Gasteiger partial charge in [0.1, 0.15) is 0 Å². The molecule has 0 saturated heterocycles. The van der Waals surface area contributed by atoms with E-state index < -0.39 is 17.4 Å². The van der Waals surface area contributed by atoms with Crippen molar-refractivity contribution in [1.29, 1.82) is 0 Å². The standard InChI is InChI=1S/2C9H11.CH2.2ClH.Ti/c2*1-2-5-9-7-3-6-8(9)4-1;;;;/h2*1-2,4,6,9H,3,5,7H2;1H2;2*1H;/q;;;;;+2/p-2. The largest absolute Gasteiger partial charge is 1.00 e. The predicted molar refractivity (Wildman–Crippen MR) is 83.7 cm³/mol. The maximum atomic E-state index is 4.82. The van der Waals surface area contributed by atoms with E-state index in [9.17, 15) is 0 Å². The summed E-state index contributed by atoms with van der Waals surface area (Å²) in [7, 11) is 0. The maximum absolute atomic E-state index is 4.82. The van der Waals surface area contributed by atoms with Crippen molar-refractivity contribution in [3.8, 4) is 0 Å². The number of allylic oxidation sites excluding steroid dienone is 8. The van der Waals surface area contributed by atoms with Crippen LogP contribution in [0.2, 0.25) is 8.45 Å². The van der Waals surface area contributed by atoms with Crippen molar-refractivity contribution in [1.82, 2.24) is 0 Å². The van der Waals surface area contributed by atoms with Crippen LogP contribution in [-0.2, 0) is 17.4 Å². The molecule has 4 aliphatic carbocycles. The number of fused-ring (bicyclic) bond motifs is 2. The van der Waals surface area contributed by atoms with Crippen molar-refractivity contribution < 1.29 is 42.2 Å². The van der Waals surface area contributed by atoms with Gasteiger partial charge in [0.2, 0.25) is 0 Å². The van der Waals surface area contributed by atoms with Gasteiger partial charge >= 0.3 is 129 Å². The summed E-state index contributed by atoms with van der Waals surface area (Å²) >= 11 is -1.26. The number of rotatable bonds is 2. The van der Waals surface area contributed by atoms with Crippen LogP contribution in [0.4, 0.5) is 0 Å². The molecule has 0 aliphatic heterocycles. The Labute approximate surface area is 153 Å². The Morgan fingerprint density at radius 3 is 1.68 bits per heavy atom. The molecule has 4 unspecified atom stereocenters. The summed E-state index contributed by atoms with van der Waals surface area (Å²) in [5.41, 5.74) is 3.60. The second kappa shape index (κ2) is 7.80. The molecule has 0 spiro atoms. The molecular weight excluding hydrogens is 347 g/mol. The van der Waals surface area contributed by atoms with Crippen LogP contribution in [0.25, 0.3) is 0 Å². The number of halogens is 2. The molecule has 4 aliphatic rings. The van der Waals surface area contributed by atoms with Gasteiger partial charge < -0.3 is 24.8 Å². The Morgan fingerprint density at radius 1 is 0.773 bits per heavy atom. The molecule has 0 amide bonds. The van der Waals surface area contributed by atoms with Crippen molar-refractivity contribution in [2.24, 2.45) is 11.8 Å². The summed E-state index contributed by atoms with van der Waals surface area (Å²) in [5, 5.41) is 0. The van der Waals surface area contributed by atoms with E-state index in [0.29, 0.717) is 0 Å². The fourth-order valence-corrected chi connectivity index (χ4v) is 9.68. The van der Waals surface area contributed by atoms with E-state index in [-0.39, 0.29) is 24.8 Å². The topological polar surface area (TPSA) is 0 Å². The van der Waals surface area contributed by atoms with E-state index >= 15 is 0 Å². The predicted octanol–water partition coefficient (Wildman–Crippen LogP) is -0.786. The molecule has 0 aromatic carbocycles. The molecule has 0 aromatic rings. The molecular formula is C19H24Cl2Ti. The minimum Gasteiger partial charge on any atom is -1.00 e. The molecule has 4 atom stereocenters. The zero-order valence-corrected chi connectivity index (χ0v) is 16.1. The first kappa shape index (κ1) is 18.5. The Morgan fingerprint density at radius 2 is 1.23 bits per heavy atom. The SMILES string of the molecule is [CH2]=[Ti+2]([CH]1CCC2CC=CC=C21)[CH]1CCC2CC=CC=C21.[Cl-].[Cl-]. The minimum atomic E-state index is -1.26. The van der Waals surface area contributed by atoms with Crippen LogP contribution in [0, 0.1) is 11.8 Å². The molecule has 3 heteroatoms. The summed E-state index contributed by atoms with van der Waals surface area (Å²) in [6.07, 6.45) is 22.6. The molecule has 4 rings (SSSR count). The zero-order valence-electron chi connectivity index (χ0n) is 13.0. The summed E-state index contributed by atoms with van der Waals surface area (Å²) in [4.78, 5) is 4.82. The first-order valence-corrected chi connectivity index (χ1v) is 11.2. The quantitative estimate of drug-likeness (QED) is 0.559. The van der Waals surface area contributed by atoms with Crippen LogP contribution in [0.3, 0.4) is 0 Å². The third-order valence-electron chi connectivity index (χ3n) is 5.94. The van der Waals surface area contributed by atoms with E-state index in [1.165, 1.54) is 38.5 Å². The van der Waals surface area contributed by atoms with Crippen LogP contribution in [0.5, 0.6) is 0 Å². The normalized spacial score (nSPS) is 34.3. The minimum absolute atomic E-state index is 0. The molecule has 0 heterocycles. The van der Waals surface area contributed by atoms with Crippen molar-refractivity contribution >= 4 is 4.82 Å². The molecule has 0 radical (unpaired) electrons. The van der Waals surface area contributed by atoms with Crippen LogP contribution in [-0.4, -0.2) is 4.82 Å². The van der Waals surface area contributed by atoms with Gasteiger partial charge in [-0.15, -0.1) is 0 Å². The average Bonchev–Trinajstić information content (AvgIpc) is 3.11. The van der Waals surface area contributed by atoms with Gasteiger partial charge in [0, 0.05) is 0 Å². The van der Waals surface area contributed by atoms with E-state index in [2.05, 4.69) is 36.5 Å². The number of hydrogen-bond donors (Lipinski definition) is 0. The summed E-state index contributed by atoms with van der Waals surface area (Å²) in [6, 6.07) is 0. The summed E-state index contributed by atoms with van der Waals surface area (Å²) in [6.45, 7) is 0. The van der Waals surface area contributed by atoms with Gasteiger partial charge in [0.25, 0.3) is 0 Å². The van der Waals surface area contributed by atoms with Gasteiger partial charge in [0.05, 0.1) is 0 Å². The van der Waals surface area contributed by atoms with Crippen molar-refractivity contribution in [2.45, 2.75) is 47.0 Å². The monoisotopic (exact) mass is 370 g/mol. The zero-order chi connectivity index (χ0) is 13.5. The molecule has 0 N–H and O–H groups in total. The van der Waals surface area contributed by atoms with Gasteiger partial charge in [-0.3, -0.25) is 0 Å². The fourth-order valence-electron chi connectivity index (χ4n) is 4.87. The molecule has 118 valence electrons. The molecule has 2 saturated carbocycles. The second-order valence-corrected chi connectivity index (χ2v) is 10.9. The number of hydrogen-bond acceptors (Lipinski definition) is 0. The third kappa shape index (κ3) is 3.18. The van der Waals surface area contributed by atoms with Crippen LogP contribution in [0.1, 0.15) is 38.5 Å². The van der Waals surface area contributed by atoms with E-state index in [1.807, 2.05) is 0 Å². The molecule has 0 aromatic heterocycles. The Bertz CT molecular complexity index is 508. The van der Waals surface area contributed by atoms with E-state index in [4.69, 9.17) is 4.82 Å². The van der Waals surface area contributed by atoms with Gasteiger partial charge in [-0.1, -0.05) is 0 Å². The molecule has 22 heavy (non-hydrogen) atoms. The Hall–Kier alpha value is 0.124. The van der Waals surface area contributed by atoms with E-state index in [1.54, 1.807) is 11.1 Å². The molecule has 0 nitrogen and oxygen atoms in total. The molecule has 0 bridgehead atoms. The van der Waals surface area contributed by atoms with Crippen molar-refractivity contribution in [3.63, 3.8) is 0 Å². The van der Waals surface area contributed by atoms with Crippen LogP contribution < -0.4 is 24.8 Å². The van der Waals surface area contributed by atoms with Gasteiger partial charge in [-0.05, 0) is 0 Å². The van der Waals surface area contributed by atoms with Crippen LogP contribution in [0.15, 0.2) is 47.6 Å². The Kier molecular flexibility index (Phi) is 6.54. The van der Waals surface area contributed by atoms with Crippen molar-refractivity contribution in [2.75, 3.05) is 0 Å². The first-order valence-electron chi connectivity index (χ1n) is 8.26. The summed E-state index contributed by atoms with van der Waals surface area (Å²) < 4.78 is 1.83. The van der Waals surface area contributed by atoms with Gasteiger partial charge in [0.15, 0.2) is 0 Å². The van der Waals surface area contributed by atoms with Gasteiger partial charge in [-0.2, -0.15) is 0 Å². The second-order valence-electron chi connectivity index (χ2n) is 6.89. The molecule has 2 fully saturated rings. The van der Waals surface area contributed by atoms with Crippen LogP contribution >= 0.6 is 0 Å². The van der Waals surface area contributed by atoms with Gasteiger partial charge in [-0.25, -0.2) is 0 Å². The fraction of sp³-hybridized carbons (Fsp3) is 0.526. The third-order valence-corrected chi connectivity index (χ3v) is 10.7. The first-order chi connectivity index (χ1) is 9.84. The summed E-state index contributed by atoms with van der Waals surface area (Å²) in [5.74, 6) is 1.76.